The Morgan fingerprint density at radius 2 is 1.84 bits per heavy atom. The maximum Gasteiger partial charge on any atom is 0.225 e. The number of amides is 1. The molecule has 1 saturated carbocycles. The largest absolute Gasteiger partial charge is 0.381 e. The first-order valence-corrected chi connectivity index (χ1v) is 7.93. The van der Waals surface area contributed by atoms with E-state index in [0.29, 0.717) is 23.8 Å². The van der Waals surface area contributed by atoms with Crippen molar-refractivity contribution >= 4 is 5.91 Å². The van der Waals surface area contributed by atoms with Gasteiger partial charge in [-0.15, -0.1) is 0 Å². The van der Waals surface area contributed by atoms with Gasteiger partial charge in [-0.25, -0.2) is 0 Å². The summed E-state index contributed by atoms with van der Waals surface area (Å²) < 4.78 is 5.39. The number of piperidine rings is 1. The number of carbonyl (C=O) groups is 1. The normalized spacial score (nSPS) is 32.6. The summed E-state index contributed by atoms with van der Waals surface area (Å²) in [5.41, 5.74) is 0. The summed E-state index contributed by atoms with van der Waals surface area (Å²) in [6.45, 7) is 6.53. The fourth-order valence-electron chi connectivity index (χ4n) is 3.56. The third kappa shape index (κ3) is 3.71. The highest BCUT2D eigenvalue weighted by Gasteiger charge is 2.32. The minimum absolute atomic E-state index is 0.261. The van der Waals surface area contributed by atoms with Crippen molar-refractivity contribution in [3.05, 3.63) is 0 Å². The molecule has 1 amide bonds. The van der Waals surface area contributed by atoms with E-state index >= 15 is 0 Å². The first-order valence-electron chi connectivity index (χ1n) is 7.93. The molecule has 3 nitrogen and oxygen atoms in total. The lowest BCUT2D eigenvalue weighted by molar-refractivity contribution is -0.139. The molecule has 2 aliphatic rings. The van der Waals surface area contributed by atoms with Crippen LogP contribution in [0, 0.1) is 17.8 Å². The zero-order valence-electron chi connectivity index (χ0n) is 12.7. The van der Waals surface area contributed by atoms with Crippen LogP contribution in [-0.2, 0) is 9.53 Å². The third-order valence-corrected chi connectivity index (χ3v) is 5.07. The second-order valence-electron chi connectivity index (χ2n) is 6.64. The lowest BCUT2D eigenvalue weighted by Gasteiger charge is -2.38. The van der Waals surface area contributed by atoms with Crippen LogP contribution in [0.15, 0.2) is 0 Å². The van der Waals surface area contributed by atoms with Gasteiger partial charge in [0.2, 0.25) is 5.91 Å². The molecule has 1 saturated heterocycles. The van der Waals surface area contributed by atoms with E-state index in [1.54, 1.807) is 7.11 Å². The Hall–Kier alpha value is -0.570. The first-order chi connectivity index (χ1) is 9.11. The number of methoxy groups -OCH3 is 1. The van der Waals surface area contributed by atoms with Crippen LogP contribution in [-0.4, -0.2) is 37.1 Å². The molecule has 0 N–H and O–H groups in total. The third-order valence-electron chi connectivity index (χ3n) is 5.07. The van der Waals surface area contributed by atoms with Crippen LogP contribution in [0.25, 0.3) is 0 Å². The SMILES string of the molecule is COC1CCC(C(=O)N2CCC[C@@H](C(C)C)C2)CC1. The Morgan fingerprint density at radius 3 is 2.42 bits per heavy atom. The summed E-state index contributed by atoms with van der Waals surface area (Å²) in [6, 6.07) is 0. The molecule has 1 heterocycles. The fourth-order valence-corrected chi connectivity index (χ4v) is 3.56. The first kappa shape index (κ1) is 14.8. The predicted molar refractivity (Wildman–Crippen MR) is 76.9 cm³/mol. The van der Waals surface area contributed by atoms with Gasteiger partial charge in [0.1, 0.15) is 0 Å². The number of rotatable bonds is 3. The molecule has 0 radical (unpaired) electrons. The van der Waals surface area contributed by atoms with Gasteiger partial charge in [-0.1, -0.05) is 13.8 Å². The van der Waals surface area contributed by atoms with Crippen LogP contribution in [0.5, 0.6) is 0 Å². The van der Waals surface area contributed by atoms with Gasteiger partial charge in [0.15, 0.2) is 0 Å². The van der Waals surface area contributed by atoms with E-state index in [9.17, 15) is 4.79 Å². The summed E-state index contributed by atoms with van der Waals surface area (Å²) in [7, 11) is 1.78. The summed E-state index contributed by atoms with van der Waals surface area (Å²) in [6.07, 6.45) is 6.98. The molecular weight excluding hydrogens is 238 g/mol. The molecule has 0 bridgehead atoms. The minimum atomic E-state index is 0.261. The highest BCUT2D eigenvalue weighted by molar-refractivity contribution is 5.79. The van der Waals surface area contributed by atoms with Gasteiger partial charge in [-0.3, -0.25) is 4.79 Å². The lowest BCUT2D eigenvalue weighted by Crippen LogP contribution is -2.45. The number of nitrogens with zero attached hydrogens (tertiary/aromatic N) is 1. The minimum Gasteiger partial charge on any atom is -0.381 e. The molecule has 110 valence electrons. The zero-order valence-corrected chi connectivity index (χ0v) is 12.7. The smallest absolute Gasteiger partial charge is 0.225 e. The maximum atomic E-state index is 12.6. The van der Waals surface area contributed by atoms with Gasteiger partial charge in [0, 0.05) is 26.1 Å². The Labute approximate surface area is 117 Å². The van der Waals surface area contributed by atoms with Gasteiger partial charge in [-0.05, 0) is 50.4 Å². The topological polar surface area (TPSA) is 29.5 Å². The zero-order chi connectivity index (χ0) is 13.8. The molecule has 1 atom stereocenters. The van der Waals surface area contributed by atoms with E-state index in [0.717, 1.165) is 38.8 Å². The van der Waals surface area contributed by atoms with Crippen LogP contribution in [0.1, 0.15) is 52.4 Å². The van der Waals surface area contributed by atoms with Crippen molar-refractivity contribution in [1.29, 1.82) is 0 Å². The van der Waals surface area contributed by atoms with Gasteiger partial charge in [0.25, 0.3) is 0 Å². The number of hydrogen-bond acceptors (Lipinski definition) is 2. The predicted octanol–water partition coefficient (Wildman–Crippen LogP) is 3.09. The number of ether oxygens (including phenoxy) is 1. The molecule has 19 heavy (non-hydrogen) atoms. The van der Waals surface area contributed by atoms with E-state index < -0.39 is 0 Å². The van der Waals surface area contributed by atoms with Gasteiger partial charge in [0.05, 0.1) is 6.10 Å². The Kier molecular flexibility index (Phi) is 5.26. The van der Waals surface area contributed by atoms with Crippen molar-refractivity contribution in [3.63, 3.8) is 0 Å². The van der Waals surface area contributed by atoms with Gasteiger partial charge in [-0.2, -0.15) is 0 Å². The van der Waals surface area contributed by atoms with Crippen molar-refractivity contribution in [1.82, 2.24) is 4.90 Å². The summed E-state index contributed by atoms with van der Waals surface area (Å²) in [4.78, 5) is 14.7. The highest BCUT2D eigenvalue weighted by atomic mass is 16.5. The quantitative estimate of drug-likeness (QED) is 0.786. The molecule has 0 aromatic heterocycles. The number of likely N-dealkylation sites (tertiary alicyclic amines) is 1. The summed E-state index contributed by atoms with van der Waals surface area (Å²) >= 11 is 0. The summed E-state index contributed by atoms with van der Waals surface area (Å²) in [5, 5.41) is 0. The second kappa shape index (κ2) is 6.74. The number of hydrogen-bond donors (Lipinski definition) is 0. The van der Waals surface area contributed by atoms with Crippen molar-refractivity contribution in [2.24, 2.45) is 17.8 Å². The Balaban J connectivity index is 1.86. The van der Waals surface area contributed by atoms with E-state index in [2.05, 4.69) is 18.7 Å². The lowest BCUT2D eigenvalue weighted by atomic mass is 9.84. The molecule has 0 spiro atoms. The molecule has 1 aliphatic carbocycles. The van der Waals surface area contributed by atoms with Crippen LogP contribution < -0.4 is 0 Å². The second-order valence-corrected chi connectivity index (χ2v) is 6.64. The molecule has 2 fully saturated rings. The number of carbonyl (C=O) groups excluding carboxylic acids is 1. The van der Waals surface area contributed by atoms with Gasteiger partial charge >= 0.3 is 0 Å². The van der Waals surface area contributed by atoms with E-state index in [1.165, 1.54) is 12.8 Å². The average molecular weight is 267 g/mol. The molecule has 1 aliphatic heterocycles. The van der Waals surface area contributed by atoms with Crippen molar-refractivity contribution in [2.75, 3.05) is 20.2 Å². The van der Waals surface area contributed by atoms with Crippen LogP contribution in [0.2, 0.25) is 0 Å². The average Bonchev–Trinajstić information content (AvgIpc) is 2.46. The van der Waals surface area contributed by atoms with Crippen LogP contribution in [0.3, 0.4) is 0 Å². The van der Waals surface area contributed by atoms with Crippen molar-refractivity contribution in [3.8, 4) is 0 Å². The van der Waals surface area contributed by atoms with Crippen LogP contribution >= 0.6 is 0 Å². The Bertz CT molecular complexity index is 295. The summed E-state index contributed by atoms with van der Waals surface area (Å²) in [5.74, 6) is 2.07. The molecule has 0 aromatic carbocycles. The molecule has 0 aromatic rings. The van der Waals surface area contributed by atoms with E-state index in [4.69, 9.17) is 4.74 Å². The van der Waals surface area contributed by atoms with E-state index in [1.807, 2.05) is 0 Å². The maximum absolute atomic E-state index is 12.6. The molecule has 3 heteroatoms. The van der Waals surface area contributed by atoms with E-state index in [-0.39, 0.29) is 5.92 Å². The molecule has 2 rings (SSSR count). The molecule has 0 unspecified atom stereocenters. The fraction of sp³-hybridized carbons (Fsp3) is 0.938. The standard InChI is InChI=1S/C16H29NO2/c1-12(2)14-5-4-10-17(11-14)16(18)13-6-8-15(19-3)9-7-13/h12-15H,4-11H2,1-3H3/t13?,14-,15?/m1/s1. The highest BCUT2D eigenvalue weighted by Crippen LogP contribution is 2.30. The Morgan fingerprint density at radius 1 is 1.16 bits per heavy atom. The molecular formula is C16H29NO2. The monoisotopic (exact) mass is 267 g/mol. The van der Waals surface area contributed by atoms with Crippen molar-refractivity contribution in [2.45, 2.75) is 58.5 Å². The van der Waals surface area contributed by atoms with Crippen molar-refractivity contribution < 1.29 is 9.53 Å². The van der Waals surface area contributed by atoms with Gasteiger partial charge < -0.3 is 9.64 Å². The van der Waals surface area contributed by atoms with Crippen LogP contribution in [0.4, 0.5) is 0 Å².